The second kappa shape index (κ2) is 6.24. The van der Waals surface area contributed by atoms with Crippen LogP contribution in [-0.4, -0.2) is 31.2 Å². The first-order chi connectivity index (χ1) is 11.8. The SMILES string of the molecule is OC(CNc1cc(C(F)(F)F)nc2ncnn12)c1c(F)cccc1F. The van der Waals surface area contributed by atoms with E-state index in [-0.39, 0.29) is 11.6 Å². The molecule has 3 rings (SSSR count). The number of anilines is 1. The molecule has 2 heterocycles. The molecular weight excluding hydrogens is 349 g/mol. The van der Waals surface area contributed by atoms with Crippen LogP contribution >= 0.6 is 0 Å². The molecule has 0 fully saturated rings. The van der Waals surface area contributed by atoms with E-state index in [1.54, 1.807) is 0 Å². The molecule has 0 bridgehead atoms. The molecule has 0 aliphatic rings. The van der Waals surface area contributed by atoms with Crippen LogP contribution in [0, 0.1) is 11.6 Å². The van der Waals surface area contributed by atoms with Crippen LogP contribution in [0.1, 0.15) is 17.4 Å². The first kappa shape index (κ1) is 17.0. The van der Waals surface area contributed by atoms with Crippen molar-refractivity contribution in [1.29, 1.82) is 0 Å². The van der Waals surface area contributed by atoms with Crippen molar-refractivity contribution in [3.05, 3.63) is 53.5 Å². The van der Waals surface area contributed by atoms with Gasteiger partial charge in [0, 0.05) is 12.6 Å². The van der Waals surface area contributed by atoms with Crippen molar-refractivity contribution in [2.75, 3.05) is 11.9 Å². The van der Waals surface area contributed by atoms with E-state index in [1.807, 2.05) is 0 Å². The van der Waals surface area contributed by atoms with Gasteiger partial charge in [0.15, 0.2) is 5.69 Å². The van der Waals surface area contributed by atoms with Gasteiger partial charge in [-0.25, -0.2) is 13.8 Å². The lowest BCUT2D eigenvalue weighted by Crippen LogP contribution is -2.18. The molecule has 2 aromatic heterocycles. The number of aliphatic hydroxyl groups is 1. The van der Waals surface area contributed by atoms with Crippen molar-refractivity contribution in [1.82, 2.24) is 19.6 Å². The van der Waals surface area contributed by atoms with Crippen molar-refractivity contribution in [2.45, 2.75) is 12.3 Å². The van der Waals surface area contributed by atoms with E-state index in [0.29, 0.717) is 6.07 Å². The number of nitrogens with zero attached hydrogens (tertiary/aromatic N) is 4. The average Bonchev–Trinajstić information content (AvgIpc) is 3.00. The molecule has 132 valence electrons. The van der Waals surface area contributed by atoms with E-state index in [0.717, 1.165) is 29.0 Å². The van der Waals surface area contributed by atoms with Crippen LogP contribution in [-0.2, 0) is 6.18 Å². The lowest BCUT2D eigenvalue weighted by atomic mass is 10.1. The van der Waals surface area contributed by atoms with Gasteiger partial charge in [-0.15, -0.1) is 0 Å². The van der Waals surface area contributed by atoms with Crippen LogP contribution in [0.4, 0.5) is 27.8 Å². The van der Waals surface area contributed by atoms with Gasteiger partial charge in [0.2, 0.25) is 0 Å². The first-order valence-corrected chi connectivity index (χ1v) is 6.91. The highest BCUT2D eigenvalue weighted by Crippen LogP contribution is 2.30. The number of benzene rings is 1. The number of nitrogens with one attached hydrogen (secondary N) is 1. The molecule has 1 atom stereocenters. The fraction of sp³-hybridized carbons (Fsp3) is 0.214. The summed E-state index contributed by atoms with van der Waals surface area (Å²) in [4.78, 5) is 6.91. The molecule has 3 aromatic rings. The van der Waals surface area contributed by atoms with Crippen LogP contribution in [0.2, 0.25) is 0 Å². The molecule has 0 aliphatic heterocycles. The maximum atomic E-state index is 13.6. The maximum absolute atomic E-state index is 13.6. The predicted molar refractivity (Wildman–Crippen MR) is 75.6 cm³/mol. The number of hydrogen-bond donors (Lipinski definition) is 2. The smallest absolute Gasteiger partial charge is 0.386 e. The summed E-state index contributed by atoms with van der Waals surface area (Å²) in [7, 11) is 0. The van der Waals surface area contributed by atoms with Gasteiger partial charge in [0.25, 0.3) is 5.78 Å². The van der Waals surface area contributed by atoms with Gasteiger partial charge in [0.1, 0.15) is 29.9 Å². The number of rotatable bonds is 4. The molecule has 1 unspecified atom stereocenters. The van der Waals surface area contributed by atoms with Gasteiger partial charge in [-0.3, -0.25) is 0 Å². The Morgan fingerprint density at radius 2 is 1.88 bits per heavy atom. The third-order valence-corrected chi connectivity index (χ3v) is 3.35. The number of alkyl halides is 3. The minimum Gasteiger partial charge on any atom is -0.386 e. The van der Waals surface area contributed by atoms with E-state index in [2.05, 4.69) is 20.4 Å². The average molecular weight is 359 g/mol. The van der Waals surface area contributed by atoms with Crippen LogP contribution in [0.15, 0.2) is 30.6 Å². The zero-order valence-electron chi connectivity index (χ0n) is 12.3. The van der Waals surface area contributed by atoms with E-state index in [1.165, 1.54) is 0 Å². The van der Waals surface area contributed by atoms with Gasteiger partial charge in [-0.2, -0.15) is 27.8 Å². The lowest BCUT2D eigenvalue weighted by molar-refractivity contribution is -0.141. The second-order valence-electron chi connectivity index (χ2n) is 5.03. The van der Waals surface area contributed by atoms with Crippen molar-refractivity contribution >= 4 is 11.6 Å². The number of aliphatic hydroxyl groups excluding tert-OH is 1. The lowest BCUT2D eigenvalue weighted by Gasteiger charge is -2.16. The number of halogens is 5. The van der Waals surface area contributed by atoms with Crippen molar-refractivity contribution in [3.63, 3.8) is 0 Å². The molecule has 11 heteroatoms. The summed E-state index contributed by atoms with van der Waals surface area (Å²) >= 11 is 0. The molecule has 0 saturated carbocycles. The van der Waals surface area contributed by atoms with Crippen molar-refractivity contribution in [2.24, 2.45) is 0 Å². The van der Waals surface area contributed by atoms with Gasteiger partial charge in [0.05, 0.1) is 5.56 Å². The summed E-state index contributed by atoms with van der Waals surface area (Å²) in [5.74, 6) is -2.44. The van der Waals surface area contributed by atoms with Crippen LogP contribution in [0.3, 0.4) is 0 Å². The van der Waals surface area contributed by atoms with E-state index >= 15 is 0 Å². The molecule has 0 amide bonds. The van der Waals surface area contributed by atoms with Gasteiger partial charge in [-0.05, 0) is 12.1 Å². The zero-order chi connectivity index (χ0) is 18.2. The summed E-state index contributed by atoms with van der Waals surface area (Å²) in [5.41, 5.74) is -1.81. The Kier molecular flexibility index (Phi) is 4.25. The molecule has 0 radical (unpaired) electrons. The quantitative estimate of drug-likeness (QED) is 0.701. The van der Waals surface area contributed by atoms with E-state index < -0.39 is 41.7 Å². The number of aromatic nitrogens is 4. The Morgan fingerprint density at radius 3 is 2.52 bits per heavy atom. The second-order valence-corrected chi connectivity index (χ2v) is 5.03. The highest BCUT2D eigenvalue weighted by atomic mass is 19.4. The predicted octanol–water partition coefficient (Wildman–Crippen LogP) is 2.57. The van der Waals surface area contributed by atoms with Gasteiger partial charge in [-0.1, -0.05) is 6.07 Å². The topological polar surface area (TPSA) is 75.3 Å². The van der Waals surface area contributed by atoms with Crippen LogP contribution in [0.25, 0.3) is 5.78 Å². The summed E-state index contributed by atoms with van der Waals surface area (Å²) in [6.45, 7) is -0.464. The van der Waals surface area contributed by atoms with E-state index in [9.17, 15) is 27.1 Å². The Morgan fingerprint density at radius 1 is 1.20 bits per heavy atom. The summed E-state index contributed by atoms with van der Waals surface area (Å²) < 4.78 is 66.9. The molecular formula is C14H10F5N5O. The van der Waals surface area contributed by atoms with Gasteiger partial charge >= 0.3 is 6.18 Å². The third-order valence-electron chi connectivity index (χ3n) is 3.35. The summed E-state index contributed by atoms with van der Waals surface area (Å²) in [5, 5.41) is 16.2. The van der Waals surface area contributed by atoms with E-state index in [4.69, 9.17) is 0 Å². The molecule has 0 spiro atoms. The summed E-state index contributed by atoms with van der Waals surface area (Å²) in [6.07, 6.45) is -5.36. The standard InChI is InChI=1S/C14H10F5N5O/c15-7-2-1-3-8(16)12(7)9(25)5-20-11-4-10(14(17,18)19)23-13-21-6-22-24(11)13/h1-4,6,9,20,25H,5H2. The minimum absolute atomic E-state index is 0.189. The monoisotopic (exact) mass is 359 g/mol. The highest BCUT2D eigenvalue weighted by Gasteiger charge is 2.34. The van der Waals surface area contributed by atoms with Crippen molar-refractivity contribution in [3.8, 4) is 0 Å². The fourth-order valence-corrected chi connectivity index (χ4v) is 2.22. The zero-order valence-corrected chi connectivity index (χ0v) is 12.3. The molecule has 0 saturated heterocycles. The minimum atomic E-state index is -4.72. The number of hydrogen-bond acceptors (Lipinski definition) is 5. The molecule has 2 N–H and O–H groups in total. The Bertz CT molecular complexity index is 890. The normalized spacial score (nSPS) is 13.2. The first-order valence-electron chi connectivity index (χ1n) is 6.91. The number of fused-ring (bicyclic) bond motifs is 1. The summed E-state index contributed by atoms with van der Waals surface area (Å²) in [6, 6.07) is 3.72. The molecule has 1 aromatic carbocycles. The molecule has 0 aliphatic carbocycles. The Hall–Kier alpha value is -2.82. The Balaban J connectivity index is 1.89. The molecule has 6 nitrogen and oxygen atoms in total. The van der Waals surface area contributed by atoms with Crippen molar-refractivity contribution < 1.29 is 27.1 Å². The van der Waals surface area contributed by atoms with Crippen LogP contribution < -0.4 is 5.32 Å². The highest BCUT2D eigenvalue weighted by molar-refractivity contribution is 5.46. The Labute approximate surface area is 137 Å². The molecule has 25 heavy (non-hydrogen) atoms. The largest absolute Gasteiger partial charge is 0.433 e. The van der Waals surface area contributed by atoms with Crippen LogP contribution in [0.5, 0.6) is 0 Å². The fourth-order valence-electron chi connectivity index (χ4n) is 2.22. The van der Waals surface area contributed by atoms with Gasteiger partial charge < -0.3 is 10.4 Å². The third kappa shape index (κ3) is 3.36. The maximum Gasteiger partial charge on any atom is 0.433 e.